The molecular formula is C18H20BrN3O4S. The van der Waals surface area contributed by atoms with Crippen LogP contribution in [-0.2, 0) is 21.2 Å². The molecule has 0 saturated heterocycles. The molecule has 27 heavy (non-hydrogen) atoms. The van der Waals surface area contributed by atoms with Crippen LogP contribution in [-0.4, -0.2) is 49.3 Å². The Morgan fingerprint density at radius 2 is 1.96 bits per heavy atom. The van der Waals surface area contributed by atoms with Gasteiger partial charge in [-0.2, -0.15) is 9.41 Å². The van der Waals surface area contributed by atoms with Gasteiger partial charge in [0.15, 0.2) is 0 Å². The van der Waals surface area contributed by atoms with Gasteiger partial charge in [-0.25, -0.2) is 13.8 Å². The number of amides is 1. The minimum Gasteiger partial charge on any atom is -0.507 e. The predicted octanol–water partition coefficient (Wildman–Crippen LogP) is 2.11. The number of phenolic OH excluding ortho intramolecular Hbond substituents is 1. The number of carbonyl (C=O) groups excluding carboxylic acids is 1. The van der Waals surface area contributed by atoms with Gasteiger partial charge in [0.25, 0.3) is 5.91 Å². The van der Waals surface area contributed by atoms with Crippen LogP contribution in [0.15, 0.2) is 58.1 Å². The van der Waals surface area contributed by atoms with Gasteiger partial charge in [0.2, 0.25) is 10.0 Å². The van der Waals surface area contributed by atoms with Crippen LogP contribution >= 0.6 is 15.9 Å². The van der Waals surface area contributed by atoms with Gasteiger partial charge in [-0.05, 0) is 30.2 Å². The van der Waals surface area contributed by atoms with E-state index in [2.05, 4.69) is 26.5 Å². The summed E-state index contributed by atoms with van der Waals surface area (Å²) in [7, 11) is -3.55. The summed E-state index contributed by atoms with van der Waals surface area (Å²) in [6.45, 7) is -0.153. The number of hydrogen-bond acceptors (Lipinski definition) is 5. The lowest BCUT2D eigenvalue weighted by molar-refractivity contribution is -0.121. The molecule has 0 saturated carbocycles. The molecule has 144 valence electrons. The quantitative estimate of drug-likeness (QED) is 0.472. The number of nitrogens with zero attached hydrogens (tertiary/aromatic N) is 2. The third-order valence-electron chi connectivity index (χ3n) is 3.66. The molecular weight excluding hydrogens is 434 g/mol. The fourth-order valence-electron chi connectivity index (χ4n) is 2.26. The maximum Gasteiger partial charge on any atom is 0.255 e. The Labute approximate surface area is 166 Å². The highest BCUT2D eigenvalue weighted by Crippen LogP contribution is 2.19. The summed E-state index contributed by atoms with van der Waals surface area (Å²) in [5, 5.41) is 13.5. The lowest BCUT2D eigenvalue weighted by Gasteiger charge is -2.18. The van der Waals surface area contributed by atoms with Gasteiger partial charge in [-0.3, -0.25) is 4.79 Å². The summed E-state index contributed by atoms with van der Waals surface area (Å²) in [6, 6.07) is 14.2. The number of halogens is 1. The van der Waals surface area contributed by atoms with Crippen molar-refractivity contribution in [3.8, 4) is 5.75 Å². The number of sulfonamides is 1. The molecule has 0 aliphatic rings. The molecule has 0 aliphatic carbocycles. The van der Waals surface area contributed by atoms with Crippen molar-refractivity contribution in [2.45, 2.75) is 6.42 Å². The third kappa shape index (κ3) is 7.12. The maximum atomic E-state index is 12.1. The maximum absolute atomic E-state index is 12.1. The second kappa shape index (κ2) is 9.63. The van der Waals surface area contributed by atoms with Crippen molar-refractivity contribution >= 4 is 38.1 Å². The molecule has 2 aromatic rings. The molecule has 2 N–H and O–H groups in total. The van der Waals surface area contributed by atoms with Gasteiger partial charge in [-0.15, -0.1) is 0 Å². The minimum atomic E-state index is -3.55. The van der Waals surface area contributed by atoms with Gasteiger partial charge in [0.1, 0.15) is 5.75 Å². The number of carbonyl (C=O) groups is 1. The molecule has 0 aromatic heterocycles. The fourth-order valence-corrected chi connectivity index (χ4v) is 3.41. The van der Waals surface area contributed by atoms with E-state index in [1.165, 1.54) is 12.3 Å². The molecule has 0 bridgehead atoms. The van der Waals surface area contributed by atoms with Crippen LogP contribution in [0.3, 0.4) is 0 Å². The smallest absolute Gasteiger partial charge is 0.255 e. The topological polar surface area (TPSA) is 99.1 Å². The molecule has 1 amide bonds. The van der Waals surface area contributed by atoms with E-state index in [1.807, 2.05) is 30.3 Å². The highest BCUT2D eigenvalue weighted by molar-refractivity contribution is 9.10. The lowest BCUT2D eigenvalue weighted by atomic mass is 10.1. The average Bonchev–Trinajstić information content (AvgIpc) is 2.61. The zero-order chi connectivity index (χ0) is 19.9. The van der Waals surface area contributed by atoms with Crippen LogP contribution in [0.1, 0.15) is 11.1 Å². The third-order valence-corrected chi connectivity index (χ3v) is 5.41. The van der Waals surface area contributed by atoms with Crippen LogP contribution in [0, 0.1) is 0 Å². The van der Waals surface area contributed by atoms with Crippen LogP contribution < -0.4 is 5.43 Å². The highest BCUT2D eigenvalue weighted by Gasteiger charge is 2.19. The first-order valence-electron chi connectivity index (χ1n) is 8.05. The predicted molar refractivity (Wildman–Crippen MR) is 108 cm³/mol. The number of hydrazone groups is 1. The minimum absolute atomic E-state index is 0.0109. The van der Waals surface area contributed by atoms with Gasteiger partial charge in [0, 0.05) is 16.6 Å². The van der Waals surface area contributed by atoms with Crippen molar-refractivity contribution in [3.05, 3.63) is 64.1 Å². The monoisotopic (exact) mass is 453 g/mol. The standard InChI is InChI=1S/C18H20BrN3O4S/c1-27(25,26)22(10-9-14-5-3-2-4-6-14)13-18(24)21-20-12-15-11-16(19)7-8-17(15)23/h2-8,11-12,23H,9-10,13H2,1H3,(H,21,24)/b20-12+. The zero-order valence-corrected chi connectivity index (χ0v) is 17.1. The molecule has 0 radical (unpaired) electrons. The largest absolute Gasteiger partial charge is 0.507 e. The first kappa shape index (κ1) is 21.1. The summed E-state index contributed by atoms with van der Waals surface area (Å²) in [5.41, 5.74) is 3.67. The van der Waals surface area contributed by atoms with E-state index >= 15 is 0 Å². The Kier molecular flexibility index (Phi) is 7.52. The first-order chi connectivity index (χ1) is 12.8. The molecule has 2 aromatic carbocycles. The molecule has 7 nitrogen and oxygen atoms in total. The van der Waals surface area contributed by atoms with Crippen LogP contribution in [0.2, 0.25) is 0 Å². The normalized spacial score (nSPS) is 11.8. The van der Waals surface area contributed by atoms with Gasteiger partial charge >= 0.3 is 0 Å². The molecule has 0 atom stereocenters. The molecule has 0 heterocycles. The van der Waals surface area contributed by atoms with Crippen molar-refractivity contribution in [3.63, 3.8) is 0 Å². The number of hydrogen-bond donors (Lipinski definition) is 2. The van der Waals surface area contributed by atoms with Crippen molar-refractivity contribution in [2.24, 2.45) is 5.10 Å². The number of aromatic hydroxyl groups is 1. The summed E-state index contributed by atoms with van der Waals surface area (Å²) in [5.74, 6) is -0.559. The van der Waals surface area contributed by atoms with Crippen LogP contribution in [0.25, 0.3) is 0 Å². The molecule has 9 heteroatoms. The number of phenols is 1. The van der Waals surface area contributed by atoms with E-state index in [-0.39, 0.29) is 18.8 Å². The van der Waals surface area contributed by atoms with E-state index in [4.69, 9.17) is 0 Å². The van der Waals surface area contributed by atoms with Gasteiger partial charge in [0.05, 0.1) is 19.0 Å². The molecule has 0 spiro atoms. The number of benzene rings is 2. The Morgan fingerprint density at radius 1 is 1.26 bits per heavy atom. The van der Waals surface area contributed by atoms with Crippen LogP contribution in [0.5, 0.6) is 5.75 Å². The van der Waals surface area contributed by atoms with E-state index in [1.54, 1.807) is 12.1 Å². The Morgan fingerprint density at radius 3 is 2.63 bits per heavy atom. The second-order valence-corrected chi connectivity index (χ2v) is 8.73. The van der Waals surface area contributed by atoms with E-state index in [0.717, 1.165) is 20.6 Å². The highest BCUT2D eigenvalue weighted by atomic mass is 79.9. The van der Waals surface area contributed by atoms with Crippen molar-refractivity contribution in [1.82, 2.24) is 9.73 Å². The SMILES string of the molecule is CS(=O)(=O)N(CCc1ccccc1)CC(=O)N/N=C/c1cc(Br)ccc1O. The molecule has 2 rings (SSSR count). The molecule has 0 fully saturated rings. The summed E-state index contributed by atoms with van der Waals surface area (Å²) >= 11 is 3.27. The van der Waals surface area contributed by atoms with Crippen molar-refractivity contribution < 1.29 is 18.3 Å². The molecule has 0 aliphatic heterocycles. The number of nitrogens with one attached hydrogen (secondary N) is 1. The van der Waals surface area contributed by atoms with Crippen molar-refractivity contribution in [2.75, 3.05) is 19.3 Å². The summed E-state index contributed by atoms with van der Waals surface area (Å²) in [4.78, 5) is 12.1. The van der Waals surface area contributed by atoms with E-state index in [0.29, 0.717) is 12.0 Å². The van der Waals surface area contributed by atoms with E-state index < -0.39 is 15.9 Å². The fraction of sp³-hybridized carbons (Fsp3) is 0.222. The van der Waals surface area contributed by atoms with Gasteiger partial charge in [-0.1, -0.05) is 46.3 Å². The summed E-state index contributed by atoms with van der Waals surface area (Å²) < 4.78 is 25.7. The average molecular weight is 454 g/mol. The lowest BCUT2D eigenvalue weighted by Crippen LogP contribution is -2.40. The van der Waals surface area contributed by atoms with Crippen LogP contribution in [0.4, 0.5) is 0 Å². The summed E-state index contributed by atoms with van der Waals surface area (Å²) in [6.07, 6.45) is 2.84. The Bertz CT molecular complexity index is 917. The van der Waals surface area contributed by atoms with Gasteiger partial charge < -0.3 is 5.11 Å². The Hall–Kier alpha value is -2.23. The zero-order valence-electron chi connectivity index (χ0n) is 14.7. The first-order valence-corrected chi connectivity index (χ1v) is 10.7. The van der Waals surface area contributed by atoms with E-state index in [9.17, 15) is 18.3 Å². The van der Waals surface area contributed by atoms with Crippen molar-refractivity contribution in [1.29, 1.82) is 0 Å². The second-order valence-electron chi connectivity index (χ2n) is 5.83. The Balaban J connectivity index is 1.95. The number of rotatable bonds is 8. The molecule has 0 unspecified atom stereocenters.